The van der Waals surface area contributed by atoms with Crippen molar-refractivity contribution in [2.75, 3.05) is 25.1 Å². The summed E-state index contributed by atoms with van der Waals surface area (Å²) >= 11 is 12.0. The Morgan fingerprint density at radius 3 is 2.35 bits per heavy atom. The molecule has 0 bridgehead atoms. The molecule has 0 heterocycles. The Labute approximate surface area is 207 Å². The molecule has 11 heteroatoms. The van der Waals surface area contributed by atoms with Gasteiger partial charge in [-0.05, 0) is 54.6 Å². The molecular formula is C23H21Cl2N3O5S. The summed E-state index contributed by atoms with van der Waals surface area (Å²) in [6, 6.07) is 17.0. The number of para-hydroxylation sites is 1. The number of benzene rings is 3. The van der Waals surface area contributed by atoms with E-state index in [1.165, 1.54) is 56.8 Å². The van der Waals surface area contributed by atoms with E-state index < -0.39 is 22.5 Å². The lowest BCUT2D eigenvalue weighted by Gasteiger charge is -2.23. The molecule has 0 radical (unpaired) electrons. The number of hydrogen-bond donors (Lipinski definition) is 1. The molecule has 1 N–H and O–H groups in total. The van der Waals surface area contributed by atoms with Gasteiger partial charge in [-0.15, -0.1) is 0 Å². The maximum atomic E-state index is 13.3. The number of methoxy groups -OCH3 is 2. The van der Waals surface area contributed by atoms with Crippen LogP contribution in [0.1, 0.15) is 5.56 Å². The number of sulfonamides is 1. The van der Waals surface area contributed by atoms with Gasteiger partial charge in [-0.1, -0.05) is 35.3 Å². The van der Waals surface area contributed by atoms with E-state index >= 15 is 0 Å². The van der Waals surface area contributed by atoms with E-state index in [9.17, 15) is 13.2 Å². The van der Waals surface area contributed by atoms with Crippen molar-refractivity contribution >= 4 is 51.0 Å². The molecule has 3 rings (SSSR count). The molecular weight excluding hydrogens is 501 g/mol. The SMILES string of the molecule is COc1cccc(/C=N\NC(=O)CN(c2cccc(Cl)c2)S(=O)(=O)c2ccc(Cl)cc2)c1OC. The Kier molecular flexibility index (Phi) is 8.38. The van der Waals surface area contributed by atoms with Crippen LogP contribution in [-0.4, -0.2) is 41.3 Å². The molecule has 0 aliphatic rings. The summed E-state index contributed by atoms with van der Waals surface area (Å²) in [6.45, 7) is -0.544. The van der Waals surface area contributed by atoms with Crippen molar-refractivity contribution in [1.82, 2.24) is 5.43 Å². The van der Waals surface area contributed by atoms with E-state index in [2.05, 4.69) is 10.5 Å². The topological polar surface area (TPSA) is 97.3 Å². The van der Waals surface area contributed by atoms with Crippen molar-refractivity contribution in [3.8, 4) is 11.5 Å². The van der Waals surface area contributed by atoms with E-state index in [-0.39, 0.29) is 10.6 Å². The van der Waals surface area contributed by atoms with Gasteiger partial charge >= 0.3 is 0 Å². The number of nitrogens with zero attached hydrogens (tertiary/aromatic N) is 2. The van der Waals surface area contributed by atoms with Gasteiger partial charge < -0.3 is 9.47 Å². The van der Waals surface area contributed by atoms with Crippen LogP contribution < -0.4 is 19.2 Å². The Morgan fingerprint density at radius 1 is 1.00 bits per heavy atom. The molecule has 0 atom stereocenters. The molecule has 1 amide bonds. The average Bonchev–Trinajstić information content (AvgIpc) is 2.82. The van der Waals surface area contributed by atoms with E-state index in [0.29, 0.717) is 27.1 Å². The van der Waals surface area contributed by atoms with Crippen LogP contribution in [0.25, 0.3) is 0 Å². The lowest BCUT2D eigenvalue weighted by Crippen LogP contribution is -2.39. The summed E-state index contributed by atoms with van der Waals surface area (Å²) in [5.41, 5.74) is 3.12. The lowest BCUT2D eigenvalue weighted by atomic mass is 10.2. The molecule has 0 aromatic heterocycles. The van der Waals surface area contributed by atoms with Gasteiger partial charge in [-0.2, -0.15) is 5.10 Å². The molecule has 0 aliphatic carbocycles. The second kappa shape index (κ2) is 11.2. The van der Waals surface area contributed by atoms with Gasteiger partial charge in [0.1, 0.15) is 6.54 Å². The summed E-state index contributed by atoms with van der Waals surface area (Å²) in [5, 5.41) is 4.63. The summed E-state index contributed by atoms with van der Waals surface area (Å²) in [5.74, 6) is 0.267. The first kappa shape index (κ1) is 25.4. The fourth-order valence-electron chi connectivity index (χ4n) is 3.03. The molecule has 3 aromatic carbocycles. The standard InChI is InChI=1S/C23H21Cl2N3O5S/c1-32-21-8-3-5-16(23(21)33-2)14-26-27-22(29)15-28(19-7-4-6-18(25)13-19)34(30,31)20-11-9-17(24)10-12-20/h3-14H,15H2,1-2H3,(H,27,29)/b26-14-. The normalized spacial score (nSPS) is 11.3. The molecule has 0 saturated heterocycles. The van der Waals surface area contributed by atoms with Crippen molar-refractivity contribution in [1.29, 1.82) is 0 Å². The van der Waals surface area contributed by atoms with Gasteiger partial charge in [0.2, 0.25) is 0 Å². The van der Waals surface area contributed by atoms with E-state index in [1.807, 2.05) is 0 Å². The first-order valence-corrected chi connectivity index (χ1v) is 12.0. The Morgan fingerprint density at radius 2 is 1.71 bits per heavy atom. The fraction of sp³-hybridized carbons (Fsp3) is 0.130. The molecule has 0 spiro atoms. The Bertz CT molecular complexity index is 1300. The Balaban J connectivity index is 1.85. The molecule has 3 aromatic rings. The van der Waals surface area contributed by atoms with E-state index in [0.717, 1.165) is 4.31 Å². The first-order chi connectivity index (χ1) is 16.3. The number of ether oxygens (including phenoxy) is 2. The maximum absolute atomic E-state index is 13.3. The van der Waals surface area contributed by atoms with Crippen LogP contribution in [-0.2, 0) is 14.8 Å². The van der Waals surface area contributed by atoms with E-state index in [4.69, 9.17) is 32.7 Å². The summed E-state index contributed by atoms with van der Waals surface area (Å²) in [4.78, 5) is 12.6. The molecule has 0 unspecified atom stereocenters. The van der Waals surface area contributed by atoms with Crippen LogP contribution in [0.4, 0.5) is 5.69 Å². The number of hydrogen-bond acceptors (Lipinski definition) is 6. The smallest absolute Gasteiger partial charge is 0.264 e. The second-order valence-corrected chi connectivity index (χ2v) is 9.56. The van der Waals surface area contributed by atoms with Crippen LogP contribution in [0, 0.1) is 0 Å². The highest BCUT2D eigenvalue weighted by atomic mass is 35.5. The molecule has 0 saturated carbocycles. The Hall–Kier alpha value is -3.27. The highest BCUT2D eigenvalue weighted by molar-refractivity contribution is 7.92. The van der Waals surface area contributed by atoms with Gasteiger partial charge in [0.05, 0.1) is 31.0 Å². The predicted molar refractivity (Wildman–Crippen MR) is 133 cm³/mol. The third-order valence-corrected chi connectivity index (χ3v) is 6.89. The molecule has 0 aliphatic heterocycles. The minimum Gasteiger partial charge on any atom is -0.493 e. The number of carbonyl (C=O) groups excluding carboxylic acids is 1. The summed E-state index contributed by atoms with van der Waals surface area (Å²) < 4.78 is 38.2. The van der Waals surface area contributed by atoms with Crippen LogP contribution in [0.3, 0.4) is 0 Å². The van der Waals surface area contributed by atoms with Gasteiger partial charge in [-0.3, -0.25) is 9.10 Å². The lowest BCUT2D eigenvalue weighted by molar-refractivity contribution is -0.119. The highest BCUT2D eigenvalue weighted by Crippen LogP contribution is 2.29. The summed E-state index contributed by atoms with van der Waals surface area (Å²) in [6.07, 6.45) is 1.37. The number of halogens is 2. The zero-order valence-electron chi connectivity index (χ0n) is 18.2. The van der Waals surface area contributed by atoms with Crippen molar-refractivity contribution in [3.63, 3.8) is 0 Å². The number of hydrazone groups is 1. The fourth-order valence-corrected chi connectivity index (χ4v) is 4.76. The second-order valence-electron chi connectivity index (χ2n) is 6.82. The predicted octanol–water partition coefficient (Wildman–Crippen LogP) is 4.36. The monoisotopic (exact) mass is 521 g/mol. The quantitative estimate of drug-likeness (QED) is 0.333. The van der Waals surface area contributed by atoms with Crippen LogP contribution in [0.5, 0.6) is 11.5 Å². The number of amides is 1. The largest absolute Gasteiger partial charge is 0.493 e. The number of anilines is 1. The van der Waals surface area contributed by atoms with Gasteiger partial charge in [0.15, 0.2) is 11.5 Å². The minimum atomic E-state index is -4.11. The van der Waals surface area contributed by atoms with E-state index in [1.54, 1.807) is 30.3 Å². The van der Waals surface area contributed by atoms with Gasteiger partial charge in [0.25, 0.3) is 15.9 Å². The van der Waals surface area contributed by atoms with Crippen LogP contribution >= 0.6 is 23.2 Å². The van der Waals surface area contributed by atoms with Crippen LogP contribution in [0.15, 0.2) is 76.7 Å². The third kappa shape index (κ3) is 5.99. The zero-order valence-corrected chi connectivity index (χ0v) is 20.6. The molecule has 0 fully saturated rings. The molecule has 8 nitrogen and oxygen atoms in total. The van der Waals surface area contributed by atoms with Crippen molar-refractivity contribution in [3.05, 3.63) is 82.3 Å². The number of nitrogens with one attached hydrogen (secondary N) is 1. The van der Waals surface area contributed by atoms with Crippen molar-refractivity contribution < 1.29 is 22.7 Å². The minimum absolute atomic E-state index is 0.0331. The van der Waals surface area contributed by atoms with Crippen molar-refractivity contribution in [2.24, 2.45) is 5.10 Å². The molecule has 34 heavy (non-hydrogen) atoms. The van der Waals surface area contributed by atoms with Gasteiger partial charge in [0, 0.05) is 15.6 Å². The van der Waals surface area contributed by atoms with Gasteiger partial charge in [-0.25, -0.2) is 13.8 Å². The number of rotatable bonds is 9. The summed E-state index contributed by atoms with van der Waals surface area (Å²) in [7, 11) is -1.12. The highest BCUT2D eigenvalue weighted by Gasteiger charge is 2.27. The maximum Gasteiger partial charge on any atom is 0.264 e. The number of carbonyl (C=O) groups is 1. The first-order valence-electron chi connectivity index (χ1n) is 9.83. The zero-order chi connectivity index (χ0) is 24.7. The molecule has 178 valence electrons. The average molecular weight is 522 g/mol. The van der Waals surface area contributed by atoms with Crippen molar-refractivity contribution in [2.45, 2.75) is 4.90 Å². The third-order valence-electron chi connectivity index (χ3n) is 4.61. The van der Waals surface area contributed by atoms with Crippen LogP contribution in [0.2, 0.25) is 10.0 Å².